The van der Waals surface area contributed by atoms with Gasteiger partial charge in [-0.15, -0.1) is 0 Å². The Balaban J connectivity index is 1.95. The topological polar surface area (TPSA) is 71.1 Å². The Morgan fingerprint density at radius 2 is 1.38 bits per heavy atom. The fourth-order valence-electron chi connectivity index (χ4n) is 1.79. The number of carbonyl (C=O) groups excluding carboxylic acids is 2. The van der Waals surface area contributed by atoms with Crippen molar-refractivity contribution in [1.29, 1.82) is 0 Å². The summed E-state index contributed by atoms with van der Waals surface area (Å²) in [5.74, 6) is 0.900. The summed E-state index contributed by atoms with van der Waals surface area (Å²) in [6.07, 6.45) is 0.0996. The zero-order chi connectivity index (χ0) is 17.4. The van der Waals surface area contributed by atoms with Crippen LogP contribution in [0.1, 0.15) is 23.7 Å². The molecule has 0 saturated carbocycles. The van der Waals surface area contributed by atoms with Crippen LogP contribution >= 0.6 is 0 Å². The lowest BCUT2D eigenvalue weighted by atomic mass is 10.2. The molecule has 0 spiro atoms. The summed E-state index contributed by atoms with van der Waals surface area (Å²) in [7, 11) is 1.21. The zero-order valence-corrected chi connectivity index (χ0v) is 13.5. The van der Waals surface area contributed by atoms with Crippen LogP contribution in [0.4, 0.5) is 4.79 Å². The van der Waals surface area contributed by atoms with Crippen LogP contribution in [-0.4, -0.2) is 25.8 Å². The Bertz CT molecular complexity index is 676. The number of hydrogen-bond acceptors (Lipinski definition) is 6. The molecule has 0 heterocycles. The van der Waals surface area contributed by atoms with Gasteiger partial charge < -0.3 is 18.9 Å². The summed E-state index contributed by atoms with van der Waals surface area (Å²) in [6, 6.07) is 12.8. The molecule has 0 aromatic heterocycles. The van der Waals surface area contributed by atoms with Crippen molar-refractivity contribution >= 4 is 12.1 Å². The van der Waals surface area contributed by atoms with Crippen LogP contribution in [0.3, 0.4) is 0 Å². The lowest BCUT2D eigenvalue weighted by Crippen LogP contribution is -2.09. The van der Waals surface area contributed by atoms with Gasteiger partial charge in [0.15, 0.2) is 0 Å². The van der Waals surface area contributed by atoms with Gasteiger partial charge in [-0.25, -0.2) is 9.59 Å². The first-order valence-electron chi connectivity index (χ1n) is 7.43. The van der Waals surface area contributed by atoms with Crippen LogP contribution in [-0.2, 0) is 4.74 Å². The van der Waals surface area contributed by atoms with E-state index < -0.39 is 12.1 Å². The van der Waals surface area contributed by atoms with Gasteiger partial charge in [0.2, 0.25) is 0 Å². The van der Waals surface area contributed by atoms with Gasteiger partial charge >= 0.3 is 12.1 Å². The first-order chi connectivity index (χ1) is 11.6. The molecule has 0 aliphatic heterocycles. The first-order valence-corrected chi connectivity index (χ1v) is 7.43. The largest absolute Gasteiger partial charge is 0.513 e. The molecule has 6 nitrogen and oxygen atoms in total. The molecule has 0 aliphatic carbocycles. The van der Waals surface area contributed by atoms with E-state index in [0.717, 1.165) is 12.2 Å². The quantitative estimate of drug-likeness (QED) is 0.455. The van der Waals surface area contributed by atoms with Crippen LogP contribution < -0.4 is 14.2 Å². The van der Waals surface area contributed by atoms with Crippen LogP contribution in [0.15, 0.2) is 48.5 Å². The summed E-state index contributed by atoms with van der Waals surface area (Å²) in [5, 5.41) is 0. The molecule has 24 heavy (non-hydrogen) atoms. The molecule has 0 bridgehead atoms. The van der Waals surface area contributed by atoms with E-state index >= 15 is 0 Å². The summed E-state index contributed by atoms with van der Waals surface area (Å²) < 4.78 is 20.0. The van der Waals surface area contributed by atoms with Crippen molar-refractivity contribution in [3.8, 4) is 17.2 Å². The fourth-order valence-corrected chi connectivity index (χ4v) is 1.79. The van der Waals surface area contributed by atoms with Crippen LogP contribution in [0.25, 0.3) is 0 Å². The van der Waals surface area contributed by atoms with Crippen LogP contribution in [0.5, 0.6) is 17.2 Å². The third-order valence-corrected chi connectivity index (χ3v) is 2.97. The van der Waals surface area contributed by atoms with Crippen molar-refractivity contribution < 1.29 is 28.5 Å². The molecule has 0 unspecified atom stereocenters. The summed E-state index contributed by atoms with van der Waals surface area (Å²) in [4.78, 5) is 23.1. The monoisotopic (exact) mass is 330 g/mol. The van der Waals surface area contributed by atoms with E-state index in [0.29, 0.717) is 17.9 Å². The van der Waals surface area contributed by atoms with Gasteiger partial charge in [-0.2, -0.15) is 0 Å². The smallest absolute Gasteiger partial charge is 0.494 e. The number of hydrogen-bond donors (Lipinski definition) is 0. The Hall–Kier alpha value is -3.02. The van der Waals surface area contributed by atoms with Crippen molar-refractivity contribution in [1.82, 2.24) is 0 Å². The number of esters is 1. The maximum absolute atomic E-state index is 12.1. The molecule has 2 aromatic carbocycles. The van der Waals surface area contributed by atoms with Gasteiger partial charge in [0.05, 0.1) is 19.3 Å². The summed E-state index contributed by atoms with van der Waals surface area (Å²) >= 11 is 0. The molecule has 126 valence electrons. The van der Waals surface area contributed by atoms with Gasteiger partial charge in [0, 0.05) is 0 Å². The Labute approximate surface area is 139 Å². The van der Waals surface area contributed by atoms with E-state index in [2.05, 4.69) is 4.74 Å². The molecule has 0 radical (unpaired) electrons. The fraction of sp³-hybridized carbons (Fsp3) is 0.222. The molecule has 0 saturated heterocycles. The van der Waals surface area contributed by atoms with E-state index in [4.69, 9.17) is 14.2 Å². The molecular formula is C18H18O6. The van der Waals surface area contributed by atoms with Crippen molar-refractivity contribution in [3.63, 3.8) is 0 Å². The molecule has 0 atom stereocenters. The van der Waals surface area contributed by atoms with E-state index in [-0.39, 0.29) is 5.75 Å². The second-order valence-electron chi connectivity index (χ2n) is 4.79. The number of benzene rings is 2. The molecule has 0 aliphatic rings. The van der Waals surface area contributed by atoms with Gasteiger partial charge in [0.25, 0.3) is 0 Å². The van der Waals surface area contributed by atoms with Crippen molar-refractivity contribution in [3.05, 3.63) is 54.1 Å². The minimum Gasteiger partial charge on any atom is -0.494 e. The molecule has 0 fully saturated rings. The van der Waals surface area contributed by atoms with Crippen molar-refractivity contribution in [2.45, 2.75) is 13.3 Å². The minimum atomic E-state index is -0.823. The summed E-state index contributed by atoms with van der Waals surface area (Å²) in [5.41, 5.74) is 0.332. The third kappa shape index (κ3) is 5.01. The van der Waals surface area contributed by atoms with E-state index in [1.165, 1.54) is 31.4 Å². The molecule has 0 amide bonds. The highest BCUT2D eigenvalue weighted by Gasteiger charge is 2.10. The van der Waals surface area contributed by atoms with Gasteiger partial charge in [-0.05, 0) is 55.0 Å². The van der Waals surface area contributed by atoms with Crippen LogP contribution in [0.2, 0.25) is 0 Å². The molecule has 2 aromatic rings. The van der Waals surface area contributed by atoms with E-state index in [1.54, 1.807) is 24.3 Å². The average Bonchev–Trinajstić information content (AvgIpc) is 2.61. The number of carbonyl (C=O) groups is 2. The van der Waals surface area contributed by atoms with Gasteiger partial charge in [-0.1, -0.05) is 6.92 Å². The third-order valence-electron chi connectivity index (χ3n) is 2.97. The highest BCUT2D eigenvalue weighted by molar-refractivity contribution is 5.91. The zero-order valence-electron chi connectivity index (χ0n) is 13.5. The number of ether oxygens (including phenoxy) is 4. The normalized spacial score (nSPS) is 9.92. The Morgan fingerprint density at radius 3 is 1.96 bits per heavy atom. The molecule has 2 rings (SSSR count). The molecular weight excluding hydrogens is 312 g/mol. The maximum Gasteiger partial charge on any atom is 0.513 e. The van der Waals surface area contributed by atoms with Gasteiger partial charge in [-0.3, -0.25) is 0 Å². The lowest BCUT2D eigenvalue weighted by Gasteiger charge is -2.07. The number of rotatable bonds is 6. The summed E-state index contributed by atoms with van der Waals surface area (Å²) in [6.45, 7) is 2.66. The first kappa shape index (κ1) is 17.3. The second kappa shape index (κ2) is 8.57. The number of methoxy groups -OCH3 is 1. The highest BCUT2D eigenvalue weighted by Crippen LogP contribution is 2.20. The molecule has 6 heteroatoms. The average molecular weight is 330 g/mol. The Kier molecular flexibility index (Phi) is 6.19. The second-order valence-corrected chi connectivity index (χ2v) is 4.79. The van der Waals surface area contributed by atoms with Crippen LogP contribution in [0, 0.1) is 0 Å². The SMILES string of the molecule is CCCOc1ccc(OC(=O)c2ccc(OC(=O)OC)cc2)cc1. The van der Waals surface area contributed by atoms with Crippen molar-refractivity contribution in [2.24, 2.45) is 0 Å². The maximum atomic E-state index is 12.1. The van der Waals surface area contributed by atoms with E-state index in [9.17, 15) is 9.59 Å². The minimum absolute atomic E-state index is 0.274. The Morgan fingerprint density at radius 1 is 0.833 bits per heavy atom. The van der Waals surface area contributed by atoms with Gasteiger partial charge in [0.1, 0.15) is 17.2 Å². The van der Waals surface area contributed by atoms with E-state index in [1.807, 2.05) is 6.92 Å². The standard InChI is InChI=1S/C18H18O6/c1-3-12-22-14-8-10-15(11-9-14)23-17(19)13-4-6-16(7-5-13)24-18(20)21-2/h4-11H,3,12H2,1-2H3. The van der Waals surface area contributed by atoms with Crippen molar-refractivity contribution in [2.75, 3.05) is 13.7 Å². The molecule has 0 N–H and O–H groups in total. The highest BCUT2D eigenvalue weighted by atomic mass is 16.7. The lowest BCUT2D eigenvalue weighted by molar-refractivity contribution is 0.0734. The predicted molar refractivity (Wildman–Crippen MR) is 86.7 cm³/mol. The predicted octanol–water partition coefficient (Wildman–Crippen LogP) is 3.84.